The molecule has 1 aromatic carbocycles. The van der Waals surface area contributed by atoms with Gasteiger partial charge in [-0.15, -0.1) is 10.2 Å². The van der Waals surface area contributed by atoms with Crippen LogP contribution in [0.4, 0.5) is 10.1 Å². The molecule has 1 aliphatic heterocycles. The number of nitrogens with zero attached hydrogens (tertiary/aromatic N) is 4. The van der Waals surface area contributed by atoms with Gasteiger partial charge in [0, 0.05) is 32.2 Å². The Kier molecular flexibility index (Phi) is 4.88. The second kappa shape index (κ2) is 7.25. The number of ether oxygens (including phenoxy) is 1. The van der Waals surface area contributed by atoms with Gasteiger partial charge in [-0.2, -0.15) is 0 Å². The smallest absolute Gasteiger partial charge is 0.274 e. The molecule has 2 aromatic rings. The molecule has 0 N–H and O–H groups in total. The van der Waals surface area contributed by atoms with Crippen LogP contribution in [-0.2, 0) is 0 Å². The predicted molar refractivity (Wildman–Crippen MR) is 87.7 cm³/mol. The minimum atomic E-state index is -0.241. The van der Waals surface area contributed by atoms with Gasteiger partial charge in [0.25, 0.3) is 5.91 Å². The number of hydrogen-bond donors (Lipinski definition) is 0. The van der Waals surface area contributed by atoms with E-state index in [1.54, 1.807) is 29.2 Å². The quantitative estimate of drug-likeness (QED) is 0.858. The molecular weight excluding hydrogens is 311 g/mol. The maximum atomic E-state index is 13.8. The molecule has 24 heavy (non-hydrogen) atoms. The molecule has 0 unspecified atom stereocenters. The fourth-order valence-corrected chi connectivity index (χ4v) is 2.68. The molecule has 0 spiro atoms. The lowest BCUT2D eigenvalue weighted by Crippen LogP contribution is -2.49. The minimum absolute atomic E-state index is 0.168. The molecule has 0 radical (unpaired) electrons. The van der Waals surface area contributed by atoms with Crippen LogP contribution >= 0.6 is 0 Å². The highest BCUT2D eigenvalue weighted by Gasteiger charge is 2.24. The van der Waals surface area contributed by atoms with Gasteiger partial charge >= 0.3 is 0 Å². The van der Waals surface area contributed by atoms with Gasteiger partial charge in [-0.3, -0.25) is 4.79 Å². The summed E-state index contributed by atoms with van der Waals surface area (Å²) in [6.45, 7) is 4.55. The van der Waals surface area contributed by atoms with Crippen LogP contribution in [0, 0.1) is 5.82 Å². The summed E-state index contributed by atoms with van der Waals surface area (Å²) in [5.41, 5.74) is 0.864. The number of carbonyl (C=O) groups excluding carboxylic acids is 1. The van der Waals surface area contributed by atoms with Gasteiger partial charge in [0.15, 0.2) is 5.69 Å². The van der Waals surface area contributed by atoms with Gasteiger partial charge in [0.2, 0.25) is 5.88 Å². The predicted octanol–water partition coefficient (Wildman–Crippen LogP) is 1.98. The lowest BCUT2D eigenvalue weighted by atomic mass is 10.2. The van der Waals surface area contributed by atoms with E-state index in [9.17, 15) is 9.18 Å². The van der Waals surface area contributed by atoms with Crippen molar-refractivity contribution in [2.75, 3.05) is 37.7 Å². The minimum Gasteiger partial charge on any atom is -0.477 e. The van der Waals surface area contributed by atoms with Gasteiger partial charge in [-0.05, 0) is 25.1 Å². The van der Waals surface area contributed by atoms with Gasteiger partial charge in [0.05, 0.1) is 12.3 Å². The molecule has 7 heteroatoms. The van der Waals surface area contributed by atoms with E-state index >= 15 is 0 Å². The van der Waals surface area contributed by atoms with Crippen molar-refractivity contribution in [1.82, 2.24) is 15.1 Å². The van der Waals surface area contributed by atoms with Crippen molar-refractivity contribution >= 4 is 11.6 Å². The number of aromatic nitrogens is 2. The highest BCUT2D eigenvalue weighted by atomic mass is 19.1. The SMILES string of the molecule is CCOc1ccc(C(=O)N2CCN(c3ccccc3F)CC2)nn1. The highest BCUT2D eigenvalue weighted by molar-refractivity contribution is 5.92. The van der Waals surface area contributed by atoms with Crippen molar-refractivity contribution in [2.24, 2.45) is 0 Å². The van der Waals surface area contributed by atoms with Gasteiger partial charge < -0.3 is 14.5 Å². The maximum Gasteiger partial charge on any atom is 0.274 e. The summed E-state index contributed by atoms with van der Waals surface area (Å²) in [7, 11) is 0. The molecule has 1 saturated heterocycles. The zero-order chi connectivity index (χ0) is 16.9. The molecule has 3 rings (SSSR count). The first-order valence-electron chi connectivity index (χ1n) is 7.94. The zero-order valence-corrected chi connectivity index (χ0v) is 13.5. The molecule has 0 atom stereocenters. The molecule has 1 fully saturated rings. The molecule has 1 amide bonds. The Morgan fingerprint density at radius 1 is 1.12 bits per heavy atom. The standard InChI is InChI=1S/C17H19FN4O2/c1-2-24-16-8-7-14(19-20-16)17(23)22-11-9-21(10-12-22)15-6-4-3-5-13(15)18/h3-8H,2,9-12H2,1H3. The molecular formula is C17H19FN4O2. The van der Waals surface area contributed by atoms with Crippen LogP contribution in [0.5, 0.6) is 5.88 Å². The molecule has 0 saturated carbocycles. The summed E-state index contributed by atoms with van der Waals surface area (Å²) >= 11 is 0. The number of anilines is 1. The van der Waals surface area contributed by atoms with E-state index in [-0.39, 0.29) is 17.4 Å². The number of amides is 1. The van der Waals surface area contributed by atoms with E-state index in [0.29, 0.717) is 44.4 Å². The summed E-state index contributed by atoms with van der Waals surface area (Å²) in [5.74, 6) is -0.00758. The van der Waals surface area contributed by atoms with Crippen molar-refractivity contribution in [2.45, 2.75) is 6.92 Å². The van der Waals surface area contributed by atoms with E-state index in [2.05, 4.69) is 10.2 Å². The molecule has 126 valence electrons. The average Bonchev–Trinajstić information content (AvgIpc) is 2.63. The van der Waals surface area contributed by atoms with Crippen molar-refractivity contribution in [3.8, 4) is 5.88 Å². The van der Waals surface area contributed by atoms with Crippen LogP contribution in [0.15, 0.2) is 36.4 Å². The second-order valence-electron chi connectivity index (χ2n) is 5.42. The topological polar surface area (TPSA) is 58.6 Å². The zero-order valence-electron chi connectivity index (χ0n) is 13.5. The first-order chi connectivity index (χ1) is 11.7. The van der Waals surface area contributed by atoms with E-state index in [1.807, 2.05) is 17.9 Å². The average molecular weight is 330 g/mol. The first-order valence-corrected chi connectivity index (χ1v) is 7.94. The van der Waals surface area contributed by atoms with E-state index < -0.39 is 0 Å². The van der Waals surface area contributed by atoms with Crippen molar-refractivity contribution in [3.05, 3.63) is 47.9 Å². The molecule has 0 aliphatic carbocycles. The fourth-order valence-electron chi connectivity index (χ4n) is 2.68. The number of rotatable bonds is 4. The first kappa shape index (κ1) is 16.2. The third-order valence-electron chi connectivity index (χ3n) is 3.91. The number of carbonyl (C=O) groups is 1. The Labute approximate surface area is 139 Å². The summed E-state index contributed by atoms with van der Waals surface area (Å²) in [5, 5.41) is 7.80. The normalized spacial score (nSPS) is 14.6. The maximum absolute atomic E-state index is 13.8. The number of para-hydroxylation sites is 1. The Morgan fingerprint density at radius 3 is 2.50 bits per heavy atom. The Bertz CT molecular complexity index is 700. The third kappa shape index (κ3) is 3.45. The fraction of sp³-hybridized carbons (Fsp3) is 0.353. The molecule has 0 bridgehead atoms. The van der Waals surface area contributed by atoms with Crippen molar-refractivity contribution < 1.29 is 13.9 Å². The second-order valence-corrected chi connectivity index (χ2v) is 5.42. The van der Waals surface area contributed by atoms with E-state index in [1.165, 1.54) is 6.07 Å². The molecule has 1 aliphatic rings. The molecule has 6 nitrogen and oxygen atoms in total. The van der Waals surface area contributed by atoms with Crippen LogP contribution in [0.25, 0.3) is 0 Å². The third-order valence-corrected chi connectivity index (χ3v) is 3.91. The summed E-state index contributed by atoms with van der Waals surface area (Å²) in [6.07, 6.45) is 0. The summed E-state index contributed by atoms with van der Waals surface area (Å²) in [6, 6.07) is 9.94. The summed E-state index contributed by atoms with van der Waals surface area (Å²) < 4.78 is 19.1. The Hall–Kier alpha value is -2.70. The van der Waals surface area contributed by atoms with Crippen molar-refractivity contribution in [3.63, 3.8) is 0 Å². The van der Waals surface area contributed by atoms with Crippen LogP contribution in [0.2, 0.25) is 0 Å². The molecule has 1 aromatic heterocycles. The highest BCUT2D eigenvalue weighted by Crippen LogP contribution is 2.20. The van der Waals surface area contributed by atoms with Gasteiger partial charge in [0.1, 0.15) is 5.82 Å². The number of piperazine rings is 1. The largest absolute Gasteiger partial charge is 0.477 e. The van der Waals surface area contributed by atoms with Crippen LogP contribution in [0.3, 0.4) is 0 Å². The number of hydrogen-bond acceptors (Lipinski definition) is 5. The lowest BCUT2D eigenvalue weighted by Gasteiger charge is -2.36. The number of benzene rings is 1. The Balaban J connectivity index is 1.62. The van der Waals surface area contributed by atoms with Crippen LogP contribution < -0.4 is 9.64 Å². The van der Waals surface area contributed by atoms with Crippen LogP contribution in [-0.4, -0.2) is 53.8 Å². The molecule has 2 heterocycles. The van der Waals surface area contributed by atoms with E-state index in [4.69, 9.17) is 4.74 Å². The van der Waals surface area contributed by atoms with E-state index in [0.717, 1.165) is 0 Å². The van der Waals surface area contributed by atoms with Gasteiger partial charge in [-0.25, -0.2) is 4.39 Å². The number of halogens is 1. The summed E-state index contributed by atoms with van der Waals surface area (Å²) in [4.78, 5) is 16.1. The Morgan fingerprint density at radius 2 is 1.88 bits per heavy atom. The lowest BCUT2D eigenvalue weighted by molar-refractivity contribution is 0.0739. The van der Waals surface area contributed by atoms with Gasteiger partial charge in [-0.1, -0.05) is 12.1 Å². The van der Waals surface area contributed by atoms with Crippen LogP contribution in [0.1, 0.15) is 17.4 Å². The van der Waals surface area contributed by atoms with Crippen molar-refractivity contribution in [1.29, 1.82) is 0 Å². The monoisotopic (exact) mass is 330 g/mol.